The Bertz CT molecular complexity index is 2240. The van der Waals surface area contributed by atoms with Gasteiger partial charge >= 0.3 is 329 Å². The maximum absolute atomic E-state index is 15.8. The zero-order valence-electron chi connectivity index (χ0n) is 32.2. The first-order chi connectivity index (χ1) is 26.4. The predicted molar refractivity (Wildman–Crippen MR) is 220 cm³/mol. The van der Waals surface area contributed by atoms with Gasteiger partial charge in [0, 0.05) is 0 Å². The molecule has 0 amide bonds. The first kappa shape index (κ1) is 41.6. The number of allylic oxidation sites excluding steroid dienone is 16. The topological polar surface area (TPSA) is 0 Å². The summed E-state index contributed by atoms with van der Waals surface area (Å²) in [6.07, 6.45) is 24.8. The number of halogens is 4. The second-order valence-corrected chi connectivity index (χ2v) is 26.0. The quantitative estimate of drug-likeness (QED) is 0.157. The molecular weight excluding hydrogens is 900 g/mol. The van der Waals surface area contributed by atoms with E-state index in [4.69, 9.17) is 0 Å². The minimum Gasteiger partial charge on any atom is -1.00 e. The van der Waals surface area contributed by atoms with Gasteiger partial charge in [-0.1, -0.05) is 0 Å². The van der Waals surface area contributed by atoms with Gasteiger partial charge in [0.1, 0.15) is 0 Å². The van der Waals surface area contributed by atoms with Crippen molar-refractivity contribution in [3.63, 3.8) is 0 Å². The van der Waals surface area contributed by atoms with Gasteiger partial charge < -0.3 is 24.8 Å². The summed E-state index contributed by atoms with van der Waals surface area (Å²) in [4.78, 5) is 0. The van der Waals surface area contributed by atoms with E-state index in [1.54, 1.807) is 15.4 Å². The van der Waals surface area contributed by atoms with Crippen molar-refractivity contribution >= 4 is 3.26 Å². The molecule has 0 N–H and O–H groups in total. The Balaban J connectivity index is 0.00000266. The number of hydrogen-bond donors (Lipinski definition) is 0. The van der Waals surface area contributed by atoms with Gasteiger partial charge in [-0.05, 0) is 0 Å². The third-order valence-corrected chi connectivity index (χ3v) is 25.2. The van der Waals surface area contributed by atoms with Crippen LogP contribution in [0.25, 0.3) is 22.3 Å². The Morgan fingerprint density at radius 2 is 0.946 bits per heavy atom. The molecular formula is C51H46Cl2F2Hf. The average Bonchev–Trinajstić information content (AvgIpc) is 3.54. The molecule has 0 nitrogen and oxygen atoms in total. The zero-order valence-corrected chi connectivity index (χ0v) is 37.4. The summed E-state index contributed by atoms with van der Waals surface area (Å²) >= 11 is -2.86. The van der Waals surface area contributed by atoms with E-state index >= 15 is 8.78 Å². The molecule has 4 aromatic carbocycles. The third-order valence-electron chi connectivity index (χ3n) is 11.7. The van der Waals surface area contributed by atoms with Crippen LogP contribution in [-0.2, 0) is 21.0 Å². The molecule has 0 radical (unpaired) electrons. The average molecular weight is 946 g/mol. The SMILES string of the molecule is CCC1=CC2=C(C=CC=CC2c2ccc(-c3ccccc3)c(F)c2)[CH]1[Hf+2](=[C](C)C)[CH]1C(CC)=CC2=C1C=CC=CC2c1ccc(-c2ccccc2)c(F)c1.[Cl-].[Cl-]. The molecule has 0 aromatic heterocycles. The molecule has 4 atom stereocenters. The van der Waals surface area contributed by atoms with Gasteiger partial charge in [0.2, 0.25) is 0 Å². The molecule has 282 valence electrons. The van der Waals surface area contributed by atoms with E-state index in [0.717, 1.165) is 35.1 Å². The first-order valence-electron chi connectivity index (χ1n) is 19.3. The van der Waals surface area contributed by atoms with Crippen LogP contribution >= 0.6 is 0 Å². The predicted octanol–water partition coefficient (Wildman–Crippen LogP) is 8.13. The summed E-state index contributed by atoms with van der Waals surface area (Å²) in [5.41, 5.74) is 13.5. The van der Waals surface area contributed by atoms with Gasteiger partial charge in [-0.2, -0.15) is 0 Å². The van der Waals surface area contributed by atoms with E-state index in [1.165, 1.54) is 33.4 Å². The first-order valence-corrected chi connectivity index (χ1v) is 25.3. The molecule has 56 heavy (non-hydrogen) atoms. The van der Waals surface area contributed by atoms with Crippen LogP contribution in [0.1, 0.15) is 63.5 Å². The molecule has 0 aliphatic heterocycles. The summed E-state index contributed by atoms with van der Waals surface area (Å²) in [6, 6.07) is 31.2. The van der Waals surface area contributed by atoms with Crippen molar-refractivity contribution < 1.29 is 54.6 Å². The molecule has 8 rings (SSSR count). The monoisotopic (exact) mass is 946 g/mol. The number of benzene rings is 4. The molecule has 0 bridgehead atoms. The summed E-state index contributed by atoms with van der Waals surface area (Å²) in [7, 11) is 0. The molecule has 4 aliphatic rings. The smallest absolute Gasteiger partial charge is 1.00 e. The molecule has 4 unspecified atom stereocenters. The molecule has 0 fully saturated rings. The third kappa shape index (κ3) is 7.80. The van der Waals surface area contributed by atoms with Gasteiger partial charge in [0.05, 0.1) is 0 Å². The van der Waals surface area contributed by atoms with Gasteiger partial charge in [0.15, 0.2) is 0 Å². The summed E-state index contributed by atoms with van der Waals surface area (Å²) < 4.78 is 34.1. The zero-order chi connectivity index (χ0) is 37.3. The fourth-order valence-corrected chi connectivity index (χ4v) is 23.7. The van der Waals surface area contributed by atoms with E-state index in [-0.39, 0.29) is 48.3 Å². The van der Waals surface area contributed by atoms with Crippen molar-refractivity contribution in [2.24, 2.45) is 0 Å². The molecule has 0 saturated heterocycles. The summed E-state index contributed by atoms with van der Waals surface area (Å²) in [6.45, 7) is 9.39. The molecule has 0 saturated carbocycles. The van der Waals surface area contributed by atoms with Gasteiger partial charge in [-0.15, -0.1) is 0 Å². The van der Waals surface area contributed by atoms with Crippen molar-refractivity contribution in [2.45, 2.75) is 59.7 Å². The standard InChI is InChI=1S/2C24H20F.C3H6.2ClH.Hf/c2*1-2-17-14-19-10-6-7-11-21(23(19)15-17)20-12-13-22(24(25)16-20)18-8-4-3-5-9-18;1-3-2;;;/h2*3-16,21H,2H2,1H3;1-2H3;2*1H;/q;;;;;+2/p-2. The Labute approximate surface area is 351 Å². The van der Waals surface area contributed by atoms with Crippen molar-refractivity contribution in [1.82, 2.24) is 0 Å². The van der Waals surface area contributed by atoms with Crippen LogP contribution in [0.3, 0.4) is 0 Å². The number of rotatable bonds is 8. The molecule has 0 heterocycles. The molecule has 4 aromatic rings. The Morgan fingerprint density at radius 1 is 0.536 bits per heavy atom. The van der Waals surface area contributed by atoms with Crippen LogP contribution in [0.2, 0.25) is 7.35 Å². The molecule has 5 heteroatoms. The van der Waals surface area contributed by atoms with Crippen molar-refractivity contribution in [2.75, 3.05) is 0 Å². The van der Waals surface area contributed by atoms with Crippen LogP contribution in [0.15, 0.2) is 191 Å². The fourth-order valence-electron chi connectivity index (χ4n) is 9.09. The van der Waals surface area contributed by atoms with Crippen LogP contribution in [0, 0.1) is 11.6 Å². The Kier molecular flexibility index (Phi) is 13.4. The van der Waals surface area contributed by atoms with Crippen molar-refractivity contribution in [3.05, 3.63) is 214 Å². The fraction of sp³-hybridized carbons (Fsp3) is 0.196. The van der Waals surface area contributed by atoms with E-state index in [1.807, 2.05) is 72.8 Å². The largest absolute Gasteiger partial charge is 1.00 e. The van der Waals surface area contributed by atoms with E-state index in [9.17, 15) is 0 Å². The van der Waals surface area contributed by atoms with Crippen LogP contribution in [0.4, 0.5) is 8.78 Å². The van der Waals surface area contributed by atoms with E-state index in [2.05, 4.69) is 101 Å². The molecule has 4 aliphatic carbocycles. The van der Waals surface area contributed by atoms with Gasteiger partial charge in [-0.25, -0.2) is 0 Å². The number of hydrogen-bond acceptors (Lipinski definition) is 0. The van der Waals surface area contributed by atoms with Crippen LogP contribution in [0.5, 0.6) is 0 Å². The van der Waals surface area contributed by atoms with Gasteiger partial charge in [-0.3, -0.25) is 0 Å². The summed E-state index contributed by atoms with van der Waals surface area (Å²) in [5, 5.41) is 0. The summed E-state index contributed by atoms with van der Waals surface area (Å²) in [5.74, 6) is -0.413. The molecule has 0 spiro atoms. The second-order valence-electron chi connectivity index (χ2n) is 14.9. The van der Waals surface area contributed by atoms with Crippen molar-refractivity contribution in [1.29, 1.82) is 0 Å². The van der Waals surface area contributed by atoms with Crippen LogP contribution in [-0.4, -0.2) is 3.26 Å². The minimum atomic E-state index is -2.86. The normalized spacial score (nSPS) is 20.5. The van der Waals surface area contributed by atoms with Crippen LogP contribution < -0.4 is 24.8 Å². The maximum Gasteiger partial charge on any atom is -1.00 e. The van der Waals surface area contributed by atoms with E-state index < -0.39 is 21.0 Å². The second kappa shape index (κ2) is 18.1. The Morgan fingerprint density at radius 3 is 1.30 bits per heavy atom. The van der Waals surface area contributed by atoms with Crippen molar-refractivity contribution in [3.8, 4) is 22.3 Å². The van der Waals surface area contributed by atoms with E-state index in [0.29, 0.717) is 18.5 Å². The maximum atomic E-state index is 15.8. The minimum absolute atomic E-state index is 0. The Hall–Kier alpha value is -4.02. The van der Waals surface area contributed by atoms with Gasteiger partial charge in [0.25, 0.3) is 0 Å².